The second-order valence-corrected chi connectivity index (χ2v) is 4.39. The smallest absolute Gasteiger partial charge is 0.223 e. The number of likely N-dealkylation sites (tertiary alicyclic amines) is 1. The van der Waals surface area contributed by atoms with Gasteiger partial charge in [0.1, 0.15) is 5.82 Å². The van der Waals surface area contributed by atoms with Gasteiger partial charge >= 0.3 is 0 Å². The minimum atomic E-state index is -0.234. The van der Waals surface area contributed by atoms with Crippen LogP contribution in [0.4, 0.5) is 4.39 Å². The molecule has 16 heavy (non-hydrogen) atoms. The third-order valence-corrected chi connectivity index (χ3v) is 3.13. The Hall–Kier alpha value is -1.38. The molecule has 0 N–H and O–H groups in total. The molecule has 1 unspecified atom stereocenters. The number of nitrogens with zero attached hydrogens (tertiary/aromatic N) is 1. The summed E-state index contributed by atoms with van der Waals surface area (Å²) in [4.78, 5) is 13.6. The van der Waals surface area contributed by atoms with Crippen molar-refractivity contribution in [3.8, 4) is 0 Å². The van der Waals surface area contributed by atoms with Crippen molar-refractivity contribution in [2.75, 3.05) is 0 Å². The predicted molar refractivity (Wildman–Crippen MR) is 60.3 cm³/mol. The Bertz CT molecular complexity index is 374. The van der Waals surface area contributed by atoms with Gasteiger partial charge in [0.15, 0.2) is 0 Å². The number of carbonyl (C=O) groups excluding carboxylic acids is 1. The fourth-order valence-corrected chi connectivity index (χ4v) is 2.12. The second-order valence-electron chi connectivity index (χ2n) is 4.39. The highest BCUT2D eigenvalue weighted by Gasteiger charge is 2.24. The van der Waals surface area contributed by atoms with Crippen LogP contribution in [0.25, 0.3) is 0 Å². The molecule has 0 aromatic heterocycles. The van der Waals surface area contributed by atoms with Gasteiger partial charge in [0, 0.05) is 19.0 Å². The SMILES string of the molecule is CC1CCCC(=O)N1Cc1ccc(F)cc1. The van der Waals surface area contributed by atoms with Crippen molar-refractivity contribution in [1.82, 2.24) is 4.90 Å². The number of piperidine rings is 1. The van der Waals surface area contributed by atoms with Crippen molar-refractivity contribution in [1.29, 1.82) is 0 Å². The molecule has 1 aromatic rings. The molecule has 0 aliphatic carbocycles. The van der Waals surface area contributed by atoms with Gasteiger partial charge in [-0.05, 0) is 37.5 Å². The van der Waals surface area contributed by atoms with E-state index in [1.165, 1.54) is 12.1 Å². The Labute approximate surface area is 95.1 Å². The fraction of sp³-hybridized carbons (Fsp3) is 0.462. The molecule has 2 rings (SSSR count). The van der Waals surface area contributed by atoms with Crippen LogP contribution in [-0.2, 0) is 11.3 Å². The number of halogens is 1. The fourth-order valence-electron chi connectivity index (χ4n) is 2.12. The normalized spacial score (nSPS) is 21.2. The summed E-state index contributed by atoms with van der Waals surface area (Å²) in [6, 6.07) is 6.66. The first kappa shape index (κ1) is 11.1. The molecule has 1 aromatic carbocycles. The monoisotopic (exact) mass is 221 g/mol. The second kappa shape index (κ2) is 4.64. The summed E-state index contributed by atoms with van der Waals surface area (Å²) in [5.74, 6) is -0.0233. The third kappa shape index (κ3) is 2.40. The first-order valence-corrected chi connectivity index (χ1v) is 5.71. The van der Waals surface area contributed by atoms with Crippen LogP contribution in [0.5, 0.6) is 0 Å². The Kier molecular flexibility index (Phi) is 3.22. The van der Waals surface area contributed by atoms with Crippen LogP contribution in [0.2, 0.25) is 0 Å². The highest BCUT2D eigenvalue weighted by molar-refractivity contribution is 5.77. The maximum absolute atomic E-state index is 12.7. The van der Waals surface area contributed by atoms with E-state index >= 15 is 0 Å². The van der Waals surface area contributed by atoms with Gasteiger partial charge in [-0.25, -0.2) is 4.39 Å². The van der Waals surface area contributed by atoms with Crippen molar-refractivity contribution in [2.45, 2.75) is 38.8 Å². The van der Waals surface area contributed by atoms with E-state index in [4.69, 9.17) is 0 Å². The number of amides is 1. The molecular weight excluding hydrogens is 205 g/mol. The van der Waals surface area contributed by atoms with E-state index in [0.717, 1.165) is 18.4 Å². The third-order valence-electron chi connectivity index (χ3n) is 3.13. The van der Waals surface area contributed by atoms with E-state index in [9.17, 15) is 9.18 Å². The summed E-state index contributed by atoms with van der Waals surface area (Å²) in [6.07, 6.45) is 2.69. The lowest BCUT2D eigenvalue weighted by Crippen LogP contribution is -2.41. The zero-order chi connectivity index (χ0) is 11.5. The van der Waals surface area contributed by atoms with Crippen molar-refractivity contribution in [3.63, 3.8) is 0 Å². The van der Waals surface area contributed by atoms with Gasteiger partial charge in [0.2, 0.25) is 5.91 Å². The summed E-state index contributed by atoms with van der Waals surface area (Å²) in [6.45, 7) is 2.67. The van der Waals surface area contributed by atoms with E-state index in [2.05, 4.69) is 6.92 Å². The Balaban J connectivity index is 2.07. The summed E-state index contributed by atoms with van der Waals surface area (Å²) in [5.41, 5.74) is 0.989. The number of hydrogen-bond donors (Lipinski definition) is 0. The van der Waals surface area contributed by atoms with Crippen LogP contribution in [0.1, 0.15) is 31.7 Å². The molecule has 3 heteroatoms. The topological polar surface area (TPSA) is 20.3 Å². The minimum Gasteiger partial charge on any atom is -0.336 e. The maximum atomic E-state index is 12.7. The van der Waals surface area contributed by atoms with Crippen LogP contribution in [0.15, 0.2) is 24.3 Å². The van der Waals surface area contributed by atoms with E-state index in [1.807, 2.05) is 4.90 Å². The molecular formula is C13H16FNO. The lowest BCUT2D eigenvalue weighted by atomic mass is 10.0. The molecule has 0 spiro atoms. The molecule has 1 amide bonds. The van der Waals surface area contributed by atoms with Crippen LogP contribution < -0.4 is 0 Å². The van der Waals surface area contributed by atoms with Gasteiger partial charge in [-0.3, -0.25) is 4.79 Å². The average molecular weight is 221 g/mol. The van der Waals surface area contributed by atoms with E-state index in [-0.39, 0.29) is 11.7 Å². The van der Waals surface area contributed by atoms with Gasteiger partial charge in [-0.1, -0.05) is 12.1 Å². The van der Waals surface area contributed by atoms with Crippen LogP contribution >= 0.6 is 0 Å². The molecule has 0 radical (unpaired) electrons. The van der Waals surface area contributed by atoms with Gasteiger partial charge in [-0.15, -0.1) is 0 Å². The lowest BCUT2D eigenvalue weighted by molar-refractivity contribution is -0.136. The zero-order valence-electron chi connectivity index (χ0n) is 9.45. The van der Waals surface area contributed by atoms with Crippen LogP contribution in [0.3, 0.4) is 0 Å². The number of benzene rings is 1. The molecule has 2 nitrogen and oxygen atoms in total. The molecule has 1 heterocycles. The highest BCUT2D eigenvalue weighted by atomic mass is 19.1. The van der Waals surface area contributed by atoms with E-state index < -0.39 is 0 Å². The summed E-state index contributed by atoms with van der Waals surface area (Å²) < 4.78 is 12.7. The maximum Gasteiger partial charge on any atom is 0.223 e. The van der Waals surface area contributed by atoms with E-state index in [1.54, 1.807) is 12.1 Å². The van der Waals surface area contributed by atoms with Gasteiger partial charge in [0.25, 0.3) is 0 Å². The van der Waals surface area contributed by atoms with Crippen molar-refractivity contribution in [3.05, 3.63) is 35.6 Å². The lowest BCUT2D eigenvalue weighted by Gasteiger charge is -2.33. The molecule has 0 bridgehead atoms. The summed E-state index contributed by atoms with van der Waals surface area (Å²) >= 11 is 0. The standard InChI is InChI=1S/C13H16FNO/c1-10-3-2-4-13(16)15(10)9-11-5-7-12(14)8-6-11/h5-8,10H,2-4,9H2,1H3. The molecule has 1 aliphatic heterocycles. The van der Waals surface area contributed by atoms with Crippen molar-refractivity contribution < 1.29 is 9.18 Å². The highest BCUT2D eigenvalue weighted by Crippen LogP contribution is 2.20. The van der Waals surface area contributed by atoms with Crippen molar-refractivity contribution in [2.24, 2.45) is 0 Å². The Morgan fingerprint density at radius 2 is 2.06 bits per heavy atom. The van der Waals surface area contributed by atoms with E-state index in [0.29, 0.717) is 19.0 Å². The first-order chi connectivity index (χ1) is 7.66. The Morgan fingerprint density at radius 3 is 2.69 bits per heavy atom. The predicted octanol–water partition coefficient (Wildman–Crippen LogP) is 2.73. The summed E-state index contributed by atoms with van der Waals surface area (Å²) in [7, 11) is 0. The Morgan fingerprint density at radius 1 is 1.38 bits per heavy atom. The minimum absolute atomic E-state index is 0.211. The largest absolute Gasteiger partial charge is 0.336 e. The number of hydrogen-bond acceptors (Lipinski definition) is 1. The molecule has 1 atom stereocenters. The first-order valence-electron chi connectivity index (χ1n) is 5.71. The number of carbonyl (C=O) groups is 1. The summed E-state index contributed by atoms with van der Waals surface area (Å²) in [5, 5.41) is 0. The van der Waals surface area contributed by atoms with Crippen molar-refractivity contribution >= 4 is 5.91 Å². The quantitative estimate of drug-likeness (QED) is 0.752. The van der Waals surface area contributed by atoms with Crippen LogP contribution in [0, 0.1) is 5.82 Å². The average Bonchev–Trinajstić information content (AvgIpc) is 2.26. The number of rotatable bonds is 2. The molecule has 1 aliphatic rings. The zero-order valence-corrected chi connectivity index (χ0v) is 9.45. The molecule has 1 fully saturated rings. The van der Waals surface area contributed by atoms with Gasteiger partial charge < -0.3 is 4.90 Å². The van der Waals surface area contributed by atoms with Crippen LogP contribution in [-0.4, -0.2) is 16.8 Å². The van der Waals surface area contributed by atoms with Gasteiger partial charge in [0.05, 0.1) is 0 Å². The van der Waals surface area contributed by atoms with Gasteiger partial charge in [-0.2, -0.15) is 0 Å². The molecule has 86 valence electrons. The molecule has 1 saturated heterocycles. The molecule has 0 saturated carbocycles.